The number of aryl methyl sites for hydroxylation is 1. The van der Waals surface area contributed by atoms with Crippen LogP contribution in [-0.4, -0.2) is 19.0 Å². The number of hydrogen-bond donors (Lipinski definition) is 1. The van der Waals surface area contributed by atoms with Crippen LogP contribution in [0.2, 0.25) is 0 Å². The SMILES string of the molecule is Cc1ccc(N)c(Oc2ccccc2CN(C)C)c1. The molecule has 2 aromatic carbocycles. The van der Waals surface area contributed by atoms with Crippen LogP contribution in [-0.2, 0) is 6.54 Å². The van der Waals surface area contributed by atoms with Gasteiger partial charge in [0.1, 0.15) is 5.75 Å². The second-order valence-electron chi connectivity index (χ2n) is 4.99. The van der Waals surface area contributed by atoms with E-state index in [-0.39, 0.29) is 0 Å². The molecule has 0 atom stereocenters. The molecule has 0 saturated heterocycles. The van der Waals surface area contributed by atoms with Gasteiger partial charge >= 0.3 is 0 Å². The van der Waals surface area contributed by atoms with Gasteiger partial charge in [-0.1, -0.05) is 24.3 Å². The number of nitrogens with two attached hydrogens (primary N) is 1. The van der Waals surface area contributed by atoms with Crippen LogP contribution in [0.15, 0.2) is 42.5 Å². The van der Waals surface area contributed by atoms with Gasteiger partial charge in [0.25, 0.3) is 0 Å². The maximum Gasteiger partial charge on any atom is 0.150 e. The van der Waals surface area contributed by atoms with Gasteiger partial charge in [-0.2, -0.15) is 0 Å². The summed E-state index contributed by atoms with van der Waals surface area (Å²) in [5.41, 5.74) is 8.89. The van der Waals surface area contributed by atoms with Gasteiger partial charge in [0.15, 0.2) is 5.75 Å². The maximum atomic E-state index is 5.97. The van der Waals surface area contributed by atoms with Gasteiger partial charge in [-0.3, -0.25) is 0 Å². The molecule has 0 bridgehead atoms. The van der Waals surface area contributed by atoms with Gasteiger partial charge in [0, 0.05) is 12.1 Å². The van der Waals surface area contributed by atoms with Crippen LogP contribution in [0.1, 0.15) is 11.1 Å². The molecule has 0 aromatic heterocycles. The highest BCUT2D eigenvalue weighted by Crippen LogP contribution is 2.30. The van der Waals surface area contributed by atoms with E-state index in [2.05, 4.69) is 11.0 Å². The molecule has 0 amide bonds. The third kappa shape index (κ3) is 3.48. The molecule has 2 rings (SSSR count). The number of hydrogen-bond acceptors (Lipinski definition) is 3. The fraction of sp³-hybridized carbons (Fsp3) is 0.250. The van der Waals surface area contributed by atoms with Crippen molar-refractivity contribution in [1.29, 1.82) is 0 Å². The summed E-state index contributed by atoms with van der Waals surface area (Å²) in [5, 5.41) is 0. The lowest BCUT2D eigenvalue weighted by molar-refractivity contribution is 0.389. The van der Waals surface area contributed by atoms with E-state index in [1.165, 1.54) is 0 Å². The number of benzene rings is 2. The Morgan fingerprint density at radius 1 is 1.05 bits per heavy atom. The number of nitrogen functional groups attached to an aromatic ring is 1. The van der Waals surface area contributed by atoms with Crippen molar-refractivity contribution >= 4 is 5.69 Å². The quantitative estimate of drug-likeness (QED) is 0.852. The van der Waals surface area contributed by atoms with Gasteiger partial charge in [-0.05, 0) is 44.8 Å². The average molecular weight is 256 g/mol. The lowest BCUT2D eigenvalue weighted by Crippen LogP contribution is -2.11. The predicted octanol–water partition coefficient (Wildman–Crippen LogP) is 3.43. The molecular formula is C16H20N2O. The Labute approximate surface area is 114 Å². The lowest BCUT2D eigenvalue weighted by atomic mass is 10.2. The van der Waals surface area contributed by atoms with Crippen molar-refractivity contribution in [2.45, 2.75) is 13.5 Å². The van der Waals surface area contributed by atoms with E-state index in [1.807, 2.05) is 57.4 Å². The molecule has 2 aromatic rings. The number of anilines is 1. The normalized spacial score (nSPS) is 10.7. The minimum atomic E-state index is 0.658. The molecule has 0 aliphatic carbocycles. The van der Waals surface area contributed by atoms with Crippen LogP contribution >= 0.6 is 0 Å². The smallest absolute Gasteiger partial charge is 0.150 e. The highest BCUT2D eigenvalue weighted by molar-refractivity contribution is 5.55. The van der Waals surface area contributed by atoms with E-state index >= 15 is 0 Å². The van der Waals surface area contributed by atoms with Crippen LogP contribution in [0.5, 0.6) is 11.5 Å². The van der Waals surface area contributed by atoms with Crippen LogP contribution in [0.3, 0.4) is 0 Å². The summed E-state index contributed by atoms with van der Waals surface area (Å²) >= 11 is 0. The molecule has 0 spiro atoms. The van der Waals surface area contributed by atoms with Crippen molar-refractivity contribution in [2.75, 3.05) is 19.8 Å². The first-order chi connectivity index (χ1) is 9.06. The topological polar surface area (TPSA) is 38.5 Å². The third-order valence-electron chi connectivity index (χ3n) is 2.85. The molecule has 0 aliphatic heterocycles. The van der Waals surface area contributed by atoms with E-state index in [1.54, 1.807) is 0 Å². The second kappa shape index (κ2) is 5.76. The molecule has 2 N–H and O–H groups in total. The summed E-state index contributed by atoms with van der Waals surface area (Å²) in [5.74, 6) is 1.57. The zero-order valence-electron chi connectivity index (χ0n) is 11.7. The zero-order valence-corrected chi connectivity index (χ0v) is 11.7. The number of para-hydroxylation sites is 1. The zero-order chi connectivity index (χ0) is 13.8. The molecule has 0 radical (unpaired) electrons. The van der Waals surface area contributed by atoms with E-state index in [4.69, 9.17) is 10.5 Å². The van der Waals surface area contributed by atoms with Crippen molar-refractivity contribution in [3.8, 4) is 11.5 Å². The second-order valence-corrected chi connectivity index (χ2v) is 4.99. The molecule has 19 heavy (non-hydrogen) atoms. The largest absolute Gasteiger partial charge is 0.455 e. The van der Waals surface area contributed by atoms with E-state index in [0.717, 1.165) is 23.4 Å². The predicted molar refractivity (Wildman–Crippen MR) is 79.5 cm³/mol. The van der Waals surface area contributed by atoms with Crippen LogP contribution in [0.25, 0.3) is 0 Å². The third-order valence-corrected chi connectivity index (χ3v) is 2.85. The van der Waals surface area contributed by atoms with Crippen molar-refractivity contribution in [2.24, 2.45) is 0 Å². The first-order valence-electron chi connectivity index (χ1n) is 6.33. The standard InChI is InChI=1S/C16H20N2O/c1-12-8-9-14(17)16(10-12)19-15-7-5-4-6-13(15)11-18(2)3/h4-10H,11,17H2,1-3H3. The van der Waals surface area contributed by atoms with Gasteiger partial charge in [0.2, 0.25) is 0 Å². The Kier molecular flexibility index (Phi) is 4.07. The summed E-state index contributed by atoms with van der Waals surface area (Å²) in [7, 11) is 4.08. The Hall–Kier alpha value is -2.00. The van der Waals surface area contributed by atoms with Crippen molar-refractivity contribution in [1.82, 2.24) is 4.90 Å². The minimum absolute atomic E-state index is 0.658. The van der Waals surface area contributed by atoms with Gasteiger partial charge in [-0.15, -0.1) is 0 Å². The summed E-state index contributed by atoms with van der Waals surface area (Å²) in [6, 6.07) is 13.8. The van der Waals surface area contributed by atoms with Crippen molar-refractivity contribution < 1.29 is 4.74 Å². The van der Waals surface area contributed by atoms with E-state index in [9.17, 15) is 0 Å². The summed E-state index contributed by atoms with van der Waals surface area (Å²) in [6.45, 7) is 2.86. The van der Waals surface area contributed by atoms with Crippen LogP contribution < -0.4 is 10.5 Å². The molecule has 0 heterocycles. The van der Waals surface area contributed by atoms with Gasteiger partial charge in [-0.25, -0.2) is 0 Å². The Morgan fingerprint density at radius 3 is 2.53 bits per heavy atom. The van der Waals surface area contributed by atoms with Crippen molar-refractivity contribution in [3.05, 3.63) is 53.6 Å². The minimum Gasteiger partial charge on any atom is -0.455 e. The average Bonchev–Trinajstić information content (AvgIpc) is 2.35. The highest BCUT2D eigenvalue weighted by Gasteiger charge is 2.07. The van der Waals surface area contributed by atoms with Gasteiger partial charge < -0.3 is 15.4 Å². The molecular weight excluding hydrogens is 236 g/mol. The molecule has 0 unspecified atom stereocenters. The van der Waals surface area contributed by atoms with E-state index in [0.29, 0.717) is 11.4 Å². The first-order valence-corrected chi connectivity index (χ1v) is 6.33. The number of nitrogens with zero attached hydrogens (tertiary/aromatic N) is 1. The monoisotopic (exact) mass is 256 g/mol. The number of ether oxygens (including phenoxy) is 1. The maximum absolute atomic E-state index is 5.97. The molecule has 0 fully saturated rings. The molecule has 100 valence electrons. The fourth-order valence-electron chi connectivity index (χ4n) is 1.92. The summed E-state index contributed by atoms with van der Waals surface area (Å²) in [6.07, 6.45) is 0. The summed E-state index contributed by atoms with van der Waals surface area (Å²) < 4.78 is 5.97. The molecule has 3 heteroatoms. The van der Waals surface area contributed by atoms with Gasteiger partial charge in [0.05, 0.1) is 5.69 Å². The fourth-order valence-corrected chi connectivity index (χ4v) is 1.92. The van der Waals surface area contributed by atoms with Crippen LogP contribution in [0.4, 0.5) is 5.69 Å². The molecule has 3 nitrogen and oxygen atoms in total. The Bertz CT molecular complexity index is 564. The van der Waals surface area contributed by atoms with E-state index < -0.39 is 0 Å². The lowest BCUT2D eigenvalue weighted by Gasteiger charge is -2.15. The Balaban J connectivity index is 2.30. The Morgan fingerprint density at radius 2 is 1.79 bits per heavy atom. The van der Waals surface area contributed by atoms with Crippen molar-refractivity contribution in [3.63, 3.8) is 0 Å². The highest BCUT2D eigenvalue weighted by atomic mass is 16.5. The first kappa shape index (κ1) is 13.4. The molecule has 0 saturated carbocycles. The molecule has 0 aliphatic rings. The number of rotatable bonds is 4. The summed E-state index contributed by atoms with van der Waals surface area (Å²) in [4.78, 5) is 2.11. The van der Waals surface area contributed by atoms with Crippen LogP contribution in [0, 0.1) is 6.92 Å².